The topological polar surface area (TPSA) is 55.6 Å². The summed E-state index contributed by atoms with van der Waals surface area (Å²) in [6.07, 6.45) is 1.92. The van der Waals surface area contributed by atoms with Crippen molar-refractivity contribution in [1.29, 1.82) is 0 Å². The number of hydrogen-bond donors (Lipinski definition) is 0. The number of methoxy groups -OCH3 is 1. The molecule has 5 nitrogen and oxygen atoms in total. The van der Waals surface area contributed by atoms with Crippen molar-refractivity contribution >= 4 is 17.2 Å². The first-order chi connectivity index (χ1) is 9.69. The smallest absolute Gasteiger partial charge is 0.229 e. The molecular weight excluding hydrogens is 276 g/mol. The van der Waals surface area contributed by atoms with Crippen molar-refractivity contribution in [2.75, 3.05) is 20.3 Å². The Morgan fingerprint density at radius 1 is 1.55 bits per heavy atom. The van der Waals surface area contributed by atoms with Crippen LogP contribution in [0.3, 0.4) is 0 Å². The molecule has 0 N–H and O–H groups in total. The molecule has 108 valence electrons. The molecule has 1 amide bonds. The molecule has 0 aliphatic carbocycles. The van der Waals surface area contributed by atoms with Gasteiger partial charge in [-0.3, -0.25) is 4.79 Å². The van der Waals surface area contributed by atoms with E-state index in [4.69, 9.17) is 9.15 Å². The first-order valence-corrected chi connectivity index (χ1v) is 7.27. The van der Waals surface area contributed by atoms with Gasteiger partial charge in [-0.05, 0) is 19.1 Å². The van der Waals surface area contributed by atoms with E-state index < -0.39 is 0 Å². The molecule has 0 aliphatic heterocycles. The second kappa shape index (κ2) is 7.21. The summed E-state index contributed by atoms with van der Waals surface area (Å²) in [5.74, 6) is 0.799. The highest BCUT2D eigenvalue weighted by Gasteiger charge is 2.16. The van der Waals surface area contributed by atoms with Crippen molar-refractivity contribution in [3.63, 3.8) is 0 Å². The fraction of sp³-hybridized carbons (Fsp3) is 0.429. The monoisotopic (exact) mass is 294 g/mol. The van der Waals surface area contributed by atoms with Crippen LogP contribution in [0.5, 0.6) is 0 Å². The highest BCUT2D eigenvalue weighted by molar-refractivity contribution is 7.09. The largest absolute Gasteiger partial charge is 0.467 e. The standard InChI is InChI=1S/C14H18N2O3S/c1-11-15-12(10-20-11)8-14(17)16(5-7-18-2)9-13-4-3-6-19-13/h3-4,6,10H,5,7-9H2,1-2H3. The van der Waals surface area contributed by atoms with Gasteiger partial charge in [0.15, 0.2) is 0 Å². The van der Waals surface area contributed by atoms with Gasteiger partial charge >= 0.3 is 0 Å². The molecular formula is C14H18N2O3S. The van der Waals surface area contributed by atoms with Gasteiger partial charge in [-0.1, -0.05) is 0 Å². The van der Waals surface area contributed by atoms with Crippen molar-refractivity contribution in [1.82, 2.24) is 9.88 Å². The average Bonchev–Trinajstić information content (AvgIpc) is 3.06. The first kappa shape index (κ1) is 14.7. The summed E-state index contributed by atoms with van der Waals surface area (Å²) in [6.45, 7) is 3.43. The maximum atomic E-state index is 12.3. The van der Waals surface area contributed by atoms with E-state index in [9.17, 15) is 4.79 Å². The zero-order valence-electron chi connectivity index (χ0n) is 11.7. The predicted molar refractivity (Wildman–Crippen MR) is 76.6 cm³/mol. The normalized spacial score (nSPS) is 10.7. The van der Waals surface area contributed by atoms with Gasteiger partial charge in [-0.2, -0.15) is 0 Å². The first-order valence-electron chi connectivity index (χ1n) is 6.39. The Kier molecular flexibility index (Phi) is 5.31. The Balaban J connectivity index is 1.99. The minimum absolute atomic E-state index is 0.0313. The third-order valence-corrected chi connectivity index (χ3v) is 3.67. The number of hydrogen-bond acceptors (Lipinski definition) is 5. The average molecular weight is 294 g/mol. The molecule has 0 atom stereocenters. The second-order valence-electron chi connectivity index (χ2n) is 4.42. The molecule has 0 fully saturated rings. The lowest BCUT2D eigenvalue weighted by atomic mass is 10.3. The zero-order valence-corrected chi connectivity index (χ0v) is 12.5. The van der Waals surface area contributed by atoms with Crippen LogP contribution in [-0.4, -0.2) is 36.1 Å². The maximum Gasteiger partial charge on any atom is 0.229 e. The zero-order chi connectivity index (χ0) is 14.4. The molecule has 0 saturated carbocycles. The van der Waals surface area contributed by atoms with Gasteiger partial charge in [0, 0.05) is 19.0 Å². The van der Waals surface area contributed by atoms with Crippen molar-refractivity contribution < 1.29 is 13.9 Å². The molecule has 0 radical (unpaired) electrons. The Bertz CT molecular complexity index is 536. The van der Waals surface area contributed by atoms with Gasteiger partial charge in [0.25, 0.3) is 0 Å². The summed E-state index contributed by atoms with van der Waals surface area (Å²) >= 11 is 1.56. The third-order valence-electron chi connectivity index (χ3n) is 2.84. The summed E-state index contributed by atoms with van der Waals surface area (Å²) in [6, 6.07) is 3.68. The molecule has 2 heterocycles. The van der Waals surface area contributed by atoms with Gasteiger partial charge in [-0.25, -0.2) is 4.98 Å². The number of aromatic nitrogens is 1. The number of thiazole rings is 1. The van der Waals surface area contributed by atoms with Crippen molar-refractivity contribution in [2.24, 2.45) is 0 Å². The molecule has 6 heteroatoms. The second-order valence-corrected chi connectivity index (χ2v) is 5.48. The Morgan fingerprint density at radius 3 is 3.00 bits per heavy atom. The van der Waals surface area contributed by atoms with E-state index in [-0.39, 0.29) is 5.91 Å². The molecule has 0 unspecified atom stereocenters. The predicted octanol–water partition coefficient (Wildman–Crippen LogP) is 2.26. The van der Waals surface area contributed by atoms with Crippen LogP contribution in [-0.2, 0) is 22.5 Å². The molecule has 0 spiro atoms. The SMILES string of the molecule is COCCN(Cc1ccco1)C(=O)Cc1csc(C)n1. The summed E-state index contributed by atoms with van der Waals surface area (Å²) < 4.78 is 10.4. The van der Waals surface area contributed by atoms with E-state index in [1.54, 1.807) is 29.6 Å². The summed E-state index contributed by atoms with van der Waals surface area (Å²) in [5.41, 5.74) is 0.819. The number of amides is 1. The number of nitrogens with zero attached hydrogens (tertiary/aromatic N) is 2. The molecule has 0 saturated heterocycles. The molecule has 0 bridgehead atoms. The van der Waals surface area contributed by atoms with E-state index in [1.807, 2.05) is 24.4 Å². The number of rotatable bonds is 7. The minimum atomic E-state index is 0.0313. The number of carbonyl (C=O) groups excluding carboxylic acids is 1. The summed E-state index contributed by atoms with van der Waals surface area (Å²) in [5, 5.41) is 2.90. The van der Waals surface area contributed by atoms with Crippen LogP contribution in [0.2, 0.25) is 0 Å². The Labute approximate surface area is 122 Å². The fourth-order valence-electron chi connectivity index (χ4n) is 1.84. The lowest BCUT2D eigenvalue weighted by molar-refractivity contribution is -0.132. The third kappa shape index (κ3) is 4.18. The van der Waals surface area contributed by atoms with Crippen molar-refractivity contribution in [3.05, 3.63) is 40.2 Å². The lowest BCUT2D eigenvalue weighted by Crippen LogP contribution is -2.34. The highest BCUT2D eigenvalue weighted by Crippen LogP contribution is 2.11. The molecule has 2 rings (SSSR count). The molecule has 20 heavy (non-hydrogen) atoms. The Morgan fingerprint density at radius 2 is 2.40 bits per heavy atom. The molecule has 0 aliphatic rings. The maximum absolute atomic E-state index is 12.3. The fourth-order valence-corrected chi connectivity index (χ4v) is 2.45. The number of aryl methyl sites for hydroxylation is 1. The van der Waals surface area contributed by atoms with Gasteiger partial charge in [0.2, 0.25) is 5.91 Å². The van der Waals surface area contributed by atoms with Crippen molar-refractivity contribution in [2.45, 2.75) is 19.9 Å². The van der Waals surface area contributed by atoms with E-state index >= 15 is 0 Å². The van der Waals surface area contributed by atoms with Gasteiger partial charge in [0.1, 0.15) is 5.76 Å². The van der Waals surface area contributed by atoms with E-state index in [1.165, 1.54) is 0 Å². The van der Waals surface area contributed by atoms with E-state index in [2.05, 4.69) is 4.98 Å². The Hall–Kier alpha value is -1.66. The van der Waals surface area contributed by atoms with Crippen LogP contribution in [0.25, 0.3) is 0 Å². The highest BCUT2D eigenvalue weighted by atomic mass is 32.1. The molecule has 0 aromatic carbocycles. The van der Waals surface area contributed by atoms with Crippen LogP contribution in [0.15, 0.2) is 28.2 Å². The number of carbonyl (C=O) groups is 1. The molecule has 2 aromatic rings. The van der Waals surface area contributed by atoms with Crippen LogP contribution in [0.4, 0.5) is 0 Å². The summed E-state index contributed by atoms with van der Waals surface area (Å²) in [4.78, 5) is 18.4. The molecule has 2 aromatic heterocycles. The van der Waals surface area contributed by atoms with Crippen LogP contribution >= 0.6 is 11.3 Å². The number of furan rings is 1. The van der Waals surface area contributed by atoms with Crippen molar-refractivity contribution in [3.8, 4) is 0 Å². The van der Waals surface area contributed by atoms with Crippen LogP contribution in [0, 0.1) is 6.92 Å². The van der Waals surface area contributed by atoms with Gasteiger partial charge in [0.05, 0.1) is 36.5 Å². The summed E-state index contributed by atoms with van der Waals surface area (Å²) in [7, 11) is 1.62. The van der Waals surface area contributed by atoms with E-state index in [0.717, 1.165) is 16.5 Å². The van der Waals surface area contributed by atoms with Crippen LogP contribution in [0.1, 0.15) is 16.5 Å². The number of ether oxygens (including phenoxy) is 1. The van der Waals surface area contributed by atoms with Gasteiger partial charge in [-0.15, -0.1) is 11.3 Å². The van der Waals surface area contributed by atoms with E-state index in [0.29, 0.717) is 26.1 Å². The van der Waals surface area contributed by atoms with Gasteiger partial charge < -0.3 is 14.1 Å². The quantitative estimate of drug-likeness (QED) is 0.786. The van der Waals surface area contributed by atoms with Crippen LogP contribution < -0.4 is 0 Å². The lowest BCUT2D eigenvalue weighted by Gasteiger charge is -2.21. The minimum Gasteiger partial charge on any atom is -0.467 e.